The van der Waals surface area contributed by atoms with Crippen molar-refractivity contribution in [1.82, 2.24) is 9.78 Å². The van der Waals surface area contributed by atoms with Gasteiger partial charge in [-0.05, 0) is 53.4 Å². The molecule has 5 nitrogen and oxygen atoms in total. The number of hydrogen-bond donors (Lipinski definition) is 1. The Morgan fingerprint density at radius 1 is 1.43 bits per heavy atom. The van der Waals surface area contributed by atoms with Crippen LogP contribution in [0.25, 0.3) is 0 Å². The number of hydrogen-bond acceptors (Lipinski definition) is 4. The van der Waals surface area contributed by atoms with Gasteiger partial charge in [0.1, 0.15) is 4.47 Å². The van der Waals surface area contributed by atoms with E-state index in [4.69, 9.17) is 5.73 Å². The number of nitrogens with zero attached hydrogens (tertiary/aromatic N) is 3. The van der Waals surface area contributed by atoms with E-state index in [0.29, 0.717) is 22.9 Å². The Bertz CT molecular complexity index is 569. The first kappa shape index (κ1) is 15.0. The summed E-state index contributed by atoms with van der Waals surface area (Å²) in [4.78, 5) is 14.7. The lowest BCUT2D eigenvalue weighted by molar-refractivity contribution is 0.348. The molecule has 1 saturated heterocycles. The summed E-state index contributed by atoms with van der Waals surface area (Å²) in [6.07, 6.45) is 6.59. The smallest absolute Gasteiger partial charge is 0.283 e. The summed E-state index contributed by atoms with van der Waals surface area (Å²) in [5.74, 6) is 1.18. The Balaban J connectivity index is 1.90. The molecule has 116 valence electrons. The molecule has 1 aliphatic heterocycles. The van der Waals surface area contributed by atoms with Gasteiger partial charge in [-0.1, -0.05) is 6.92 Å². The van der Waals surface area contributed by atoms with Gasteiger partial charge < -0.3 is 10.6 Å². The number of rotatable bonds is 4. The van der Waals surface area contributed by atoms with Gasteiger partial charge in [-0.3, -0.25) is 4.79 Å². The maximum Gasteiger partial charge on any atom is 0.283 e. The minimum Gasteiger partial charge on any atom is -0.365 e. The average molecular weight is 355 g/mol. The maximum atomic E-state index is 12.5. The predicted molar refractivity (Wildman–Crippen MR) is 87.5 cm³/mol. The number of nitrogens with two attached hydrogens (primary N) is 1. The van der Waals surface area contributed by atoms with Crippen LogP contribution in [0.5, 0.6) is 0 Å². The molecule has 0 aromatic carbocycles. The third-order valence-corrected chi connectivity index (χ3v) is 5.51. The molecule has 3 rings (SSSR count). The van der Waals surface area contributed by atoms with Gasteiger partial charge in [0.15, 0.2) is 0 Å². The highest BCUT2D eigenvalue weighted by molar-refractivity contribution is 9.10. The van der Waals surface area contributed by atoms with Crippen molar-refractivity contribution in [1.29, 1.82) is 0 Å². The molecule has 1 saturated carbocycles. The SMILES string of the molecule is CC1CCCN(c2cnn(CC3CC3)c(=O)c2Br)C1CN. The molecule has 1 aromatic rings. The van der Waals surface area contributed by atoms with Crippen LogP contribution in [0.3, 0.4) is 0 Å². The molecule has 2 N–H and O–H groups in total. The maximum absolute atomic E-state index is 12.5. The van der Waals surface area contributed by atoms with E-state index in [0.717, 1.165) is 25.2 Å². The number of aromatic nitrogens is 2. The summed E-state index contributed by atoms with van der Waals surface area (Å²) >= 11 is 3.50. The standard InChI is InChI=1S/C15H23BrN4O/c1-10-3-2-6-19(12(10)7-17)13-8-18-20(9-11-4-5-11)15(21)14(13)16/h8,10-12H,2-7,9,17H2,1H3. The number of piperidine rings is 1. The van der Waals surface area contributed by atoms with Gasteiger partial charge in [0.2, 0.25) is 0 Å². The van der Waals surface area contributed by atoms with Crippen LogP contribution in [0.1, 0.15) is 32.6 Å². The summed E-state index contributed by atoms with van der Waals surface area (Å²) in [5, 5.41) is 4.38. The van der Waals surface area contributed by atoms with E-state index in [9.17, 15) is 4.79 Å². The van der Waals surface area contributed by atoms with Crippen molar-refractivity contribution >= 4 is 21.6 Å². The van der Waals surface area contributed by atoms with E-state index < -0.39 is 0 Å². The zero-order valence-corrected chi connectivity index (χ0v) is 14.1. The molecular formula is C15H23BrN4O. The summed E-state index contributed by atoms with van der Waals surface area (Å²) in [5.41, 5.74) is 6.83. The van der Waals surface area contributed by atoms with E-state index in [1.54, 1.807) is 4.68 Å². The second-order valence-electron chi connectivity index (χ2n) is 6.39. The molecule has 2 atom stereocenters. The van der Waals surface area contributed by atoms with Crippen LogP contribution in [0.4, 0.5) is 5.69 Å². The van der Waals surface area contributed by atoms with Gasteiger partial charge in [0, 0.05) is 25.7 Å². The molecule has 2 heterocycles. The van der Waals surface area contributed by atoms with Crippen LogP contribution < -0.4 is 16.2 Å². The topological polar surface area (TPSA) is 64.2 Å². The summed E-state index contributed by atoms with van der Waals surface area (Å²) < 4.78 is 2.22. The molecule has 0 spiro atoms. The lowest BCUT2D eigenvalue weighted by Crippen LogP contribution is -2.49. The Morgan fingerprint density at radius 3 is 2.86 bits per heavy atom. The summed E-state index contributed by atoms with van der Waals surface area (Å²) in [6, 6.07) is 0.288. The Morgan fingerprint density at radius 2 is 2.19 bits per heavy atom. The third kappa shape index (κ3) is 3.01. The second-order valence-corrected chi connectivity index (χ2v) is 7.18. The first-order valence-electron chi connectivity index (χ1n) is 7.84. The quantitative estimate of drug-likeness (QED) is 0.897. The van der Waals surface area contributed by atoms with Gasteiger partial charge in [0.25, 0.3) is 5.56 Å². The monoisotopic (exact) mass is 354 g/mol. The second kappa shape index (κ2) is 6.08. The largest absolute Gasteiger partial charge is 0.365 e. The fraction of sp³-hybridized carbons (Fsp3) is 0.733. The van der Waals surface area contributed by atoms with Crippen molar-refractivity contribution in [2.24, 2.45) is 17.6 Å². The van der Waals surface area contributed by atoms with E-state index in [2.05, 4.69) is 32.9 Å². The van der Waals surface area contributed by atoms with Crippen LogP contribution >= 0.6 is 15.9 Å². The minimum absolute atomic E-state index is 0.0200. The molecular weight excluding hydrogens is 332 g/mol. The van der Waals surface area contributed by atoms with E-state index in [-0.39, 0.29) is 11.6 Å². The van der Waals surface area contributed by atoms with Crippen molar-refractivity contribution in [3.63, 3.8) is 0 Å². The van der Waals surface area contributed by atoms with E-state index in [1.807, 2.05) is 6.20 Å². The van der Waals surface area contributed by atoms with Crippen molar-refractivity contribution < 1.29 is 0 Å². The third-order valence-electron chi connectivity index (χ3n) is 4.76. The molecule has 2 unspecified atom stereocenters. The zero-order chi connectivity index (χ0) is 15.0. The summed E-state index contributed by atoms with van der Waals surface area (Å²) in [6.45, 7) is 4.53. The van der Waals surface area contributed by atoms with Gasteiger partial charge in [-0.15, -0.1) is 0 Å². The van der Waals surface area contributed by atoms with Crippen LogP contribution in [-0.2, 0) is 6.54 Å². The van der Waals surface area contributed by atoms with Crippen molar-refractivity contribution in [3.05, 3.63) is 21.0 Å². The molecule has 2 aliphatic rings. The molecule has 0 bridgehead atoms. The fourth-order valence-electron chi connectivity index (χ4n) is 3.24. The number of halogens is 1. The van der Waals surface area contributed by atoms with Gasteiger partial charge >= 0.3 is 0 Å². The predicted octanol–water partition coefficient (Wildman–Crippen LogP) is 1.98. The van der Waals surface area contributed by atoms with Crippen LogP contribution in [0.2, 0.25) is 0 Å². The van der Waals surface area contributed by atoms with Crippen molar-refractivity contribution in [2.75, 3.05) is 18.0 Å². The Hall–Kier alpha value is -0.880. The molecule has 0 amide bonds. The fourth-order valence-corrected chi connectivity index (χ4v) is 3.77. The molecule has 1 aromatic heterocycles. The van der Waals surface area contributed by atoms with Crippen LogP contribution in [0, 0.1) is 11.8 Å². The first-order valence-corrected chi connectivity index (χ1v) is 8.63. The van der Waals surface area contributed by atoms with Gasteiger partial charge in [-0.25, -0.2) is 4.68 Å². The highest BCUT2D eigenvalue weighted by atomic mass is 79.9. The zero-order valence-electron chi connectivity index (χ0n) is 12.5. The van der Waals surface area contributed by atoms with Crippen LogP contribution in [0.15, 0.2) is 15.5 Å². The number of anilines is 1. The van der Waals surface area contributed by atoms with Gasteiger partial charge in [-0.2, -0.15) is 5.10 Å². The summed E-state index contributed by atoms with van der Waals surface area (Å²) in [7, 11) is 0. The Labute approximate surface area is 133 Å². The average Bonchev–Trinajstić information content (AvgIpc) is 3.28. The minimum atomic E-state index is -0.0200. The highest BCUT2D eigenvalue weighted by Crippen LogP contribution is 2.32. The normalized spacial score (nSPS) is 26.1. The molecule has 1 aliphatic carbocycles. The van der Waals surface area contributed by atoms with E-state index in [1.165, 1.54) is 19.3 Å². The van der Waals surface area contributed by atoms with Crippen molar-refractivity contribution in [2.45, 2.75) is 45.2 Å². The van der Waals surface area contributed by atoms with Crippen molar-refractivity contribution in [3.8, 4) is 0 Å². The molecule has 2 fully saturated rings. The Kier molecular flexibility index (Phi) is 4.36. The molecule has 0 radical (unpaired) electrons. The molecule has 21 heavy (non-hydrogen) atoms. The highest BCUT2D eigenvalue weighted by Gasteiger charge is 2.30. The van der Waals surface area contributed by atoms with Crippen LogP contribution in [-0.4, -0.2) is 28.9 Å². The lowest BCUT2D eigenvalue weighted by Gasteiger charge is -2.41. The lowest BCUT2D eigenvalue weighted by atomic mass is 9.90. The van der Waals surface area contributed by atoms with E-state index >= 15 is 0 Å². The molecule has 6 heteroatoms. The van der Waals surface area contributed by atoms with Gasteiger partial charge in [0.05, 0.1) is 11.9 Å². The first-order chi connectivity index (χ1) is 10.1.